The van der Waals surface area contributed by atoms with Crippen LogP contribution in [0, 0.1) is 0 Å². The van der Waals surface area contributed by atoms with Crippen molar-refractivity contribution in [2.24, 2.45) is 0 Å². The Morgan fingerprint density at radius 1 is 0.882 bits per heavy atom. The van der Waals surface area contributed by atoms with Gasteiger partial charge >= 0.3 is 0 Å². The van der Waals surface area contributed by atoms with Gasteiger partial charge in [-0.25, -0.2) is 0 Å². The summed E-state index contributed by atoms with van der Waals surface area (Å²) in [6.45, 7) is 2.54. The van der Waals surface area contributed by atoms with Crippen LogP contribution in [0.1, 0.15) is 18.2 Å². The van der Waals surface area contributed by atoms with Crippen LogP contribution in [0.3, 0.4) is 0 Å². The maximum Gasteiger partial charge on any atom is 0.263 e. The molecule has 34 heavy (non-hydrogen) atoms. The van der Waals surface area contributed by atoms with E-state index in [0.29, 0.717) is 17.9 Å². The number of rotatable bonds is 6. The molecule has 0 unspecified atom stereocenters. The highest BCUT2D eigenvalue weighted by atomic mass is 79.9. The monoisotopic (exact) mass is 511 g/mol. The quantitative estimate of drug-likeness (QED) is 0.250. The summed E-state index contributed by atoms with van der Waals surface area (Å²) < 4.78 is 12.6. The van der Waals surface area contributed by atoms with Crippen molar-refractivity contribution in [3.63, 3.8) is 0 Å². The van der Waals surface area contributed by atoms with Crippen LogP contribution >= 0.6 is 15.9 Å². The Labute approximate surface area is 206 Å². The summed E-state index contributed by atoms with van der Waals surface area (Å²) in [5.74, 6) is 2.04. The van der Waals surface area contributed by atoms with Crippen molar-refractivity contribution in [1.82, 2.24) is 0 Å². The number of hydrogen-bond donors (Lipinski definition) is 0. The summed E-state index contributed by atoms with van der Waals surface area (Å²) in [6, 6.07) is 29.2. The van der Waals surface area contributed by atoms with Crippen molar-refractivity contribution >= 4 is 39.3 Å². The first-order valence-corrected chi connectivity index (χ1v) is 11.8. The topological polar surface area (TPSA) is 42.7 Å². The van der Waals surface area contributed by atoms with E-state index in [9.17, 15) is 4.79 Å². The third-order valence-electron chi connectivity index (χ3n) is 5.51. The van der Waals surface area contributed by atoms with Crippen molar-refractivity contribution in [3.8, 4) is 17.1 Å². The lowest BCUT2D eigenvalue weighted by molar-refractivity contribution is -0.113. The number of benzene rings is 3. The summed E-state index contributed by atoms with van der Waals surface area (Å²) in [5, 5.41) is 0. The van der Waals surface area contributed by atoms with Gasteiger partial charge in [0.15, 0.2) is 0 Å². The maximum atomic E-state index is 13.5. The van der Waals surface area contributed by atoms with E-state index in [1.165, 1.54) is 0 Å². The van der Waals surface area contributed by atoms with Gasteiger partial charge in [-0.3, -0.25) is 9.69 Å². The minimum absolute atomic E-state index is 0.107. The van der Waals surface area contributed by atoms with Crippen molar-refractivity contribution < 1.29 is 13.9 Å². The van der Waals surface area contributed by atoms with Gasteiger partial charge in [-0.05, 0) is 73.2 Å². The lowest BCUT2D eigenvalue weighted by Gasteiger charge is -2.21. The van der Waals surface area contributed by atoms with Crippen LogP contribution in [0.25, 0.3) is 23.1 Å². The molecule has 0 radical (unpaired) electrons. The Kier molecular flexibility index (Phi) is 6.19. The van der Waals surface area contributed by atoms with Gasteiger partial charge in [0.1, 0.15) is 17.3 Å². The molecule has 0 saturated heterocycles. The number of nitrogens with zero attached hydrogens (tertiary/aromatic N) is 1. The van der Waals surface area contributed by atoms with Gasteiger partial charge < -0.3 is 9.15 Å². The zero-order valence-electron chi connectivity index (χ0n) is 18.6. The number of amides is 1. The molecule has 1 aromatic heterocycles. The second kappa shape index (κ2) is 9.57. The molecule has 0 spiro atoms. The van der Waals surface area contributed by atoms with Gasteiger partial charge in [-0.1, -0.05) is 58.4 Å². The third-order valence-corrected chi connectivity index (χ3v) is 6.04. The van der Waals surface area contributed by atoms with Gasteiger partial charge in [0.2, 0.25) is 0 Å². The molecule has 1 aliphatic rings. The van der Waals surface area contributed by atoms with E-state index >= 15 is 0 Å². The van der Waals surface area contributed by atoms with Gasteiger partial charge in [-0.15, -0.1) is 0 Å². The molecule has 4 nitrogen and oxygen atoms in total. The Balaban J connectivity index is 1.51. The average Bonchev–Trinajstić information content (AvgIpc) is 3.46. The van der Waals surface area contributed by atoms with Gasteiger partial charge in [-0.2, -0.15) is 0 Å². The highest BCUT2D eigenvalue weighted by molar-refractivity contribution is 9.10. The number of carbonyl (C=O) groups is 1. The molecule has 3 aromatic carbocycles. The fraction of sp³-hybridized carbons (Fsp3) is 0.0690. The van der Waals surface area contributed by atoms with Crippen molar-refractivity contribution in [2.45, 2.75) is 6.92 Å². The molecule has 5 rings (SSSR count). The van der Waals surface area contributed by atoms with Gasteiger partial charge in [0.05, 0.1) is 12.3 Å². The summed E-state index contributed by atoms with van der Waals surface area (Å²) in [4.78, 5) is 15.3. The van der Waals surface area contributed by atoms with E-state index in [4.69, 9.17) is 9.15 Å². The summed E-state index contributed by atoms with van der Waals surface area (Å²) in [6.07, 6.45) is 3.71. The third kappa shape index (κ3) is 4.47. The van der Waals surface area contributed by atoms with E-state index in [-0.39, 0.29) is 5.91 Å². The second-order valence-electron chi connectivity index (χ2n) is 7.77. The fourth-order valence-electron chi connectivity index (χ4n) is 3.90. The largest absolute Gasteiger partial charge is 0.494 e. The zero-order chi connectivity index (χ0) is 23.5. The molecule has 0 atom stereocenters. The van der Waals surface area contributed by atoms with E-state index < -0.39 is 0 Å². The first-order chi connectivity index (χ1) is 16.6. The molecule has 0 saturated carbocycles. The number of anilines is 1. The standard InChI is InChI=1S/C29H22BrNO3/c1-2-33-25-14-12-24(13-15-25)31-27(20-6-4-3-5-7-20)19-22(29(31)32)18-26-16-17-28(34-26)21-8-10-23(30)11-9-21/h3-19H,2H2,1H3/b22-18+. The number of furan rings is 1. The molecule has 0 fully saturated rings. The fourth-order valence-corrected chi connectivity index (χ4v) is 4.17. The van der Waals surface area contributed by atoms with E-state index in [0.717, 1.165) is 38.5 Å². The minimum Gasteiger partial charge on any atom is -0.494 e. The molecule has 0 bridgehead atoms. The molecule has 4 aromatic rings. The summed E-state index contributed by atoms with van der Waals surface area (Å²) in [5.41, 5.74) is 4.09. The molecular weight excluding hydrogens is 490 g/mol. The highest BCUT2D eigenvalue weighted by Gasteiger charge is 2.30. The molecule has 0 aliphatic carbocycles. The predicted octanol–water partition coefficient (Wildman–Crippen LogP) is 7.58. The summed E-state index contributed by atoms with van der Waals surface area (Å²) >= 11 is 3.45. The lowest BCUT2D eigenvalue weighted by atomic mass is 10.1. The molecular formula is C29H22BrNO3. The summed E-state index contributed by atoms with van der Waals surface area (Å²) in [7, 11) is 0. The van der Waals surface area contributed by atoms with Crippen LogP contribution in [0.5, 0.6) is 5.75 Å². The second-order valence-corrected chi connectivity index (χ2v) is 8.69. The Morgan fingerprint density at radius 3 is 2.32 bits per heavy atom. The van der Waals surface area contributed by atoms with Crippen molar-refractivity contribution in [2.75, 3.05) is 11.5 Å². The number of halogens is 1. The Morgan fingerprint density at radius 2 is 1.62 bits per heavy atom. The van der Waals surface area contributed by atoms with Crippen LogP contribution in [-0.4, -0.2) is 12.5 Å². The zero-order valence-corrected chi connectivity index (χ0v) is 20.2. The van der Waals surface area contributed by atoms with Crippen LogP contribution in [0.15, 0.2) is 112 Å². The molecule has 2 heterocycles. The van der Waals surface area contributed by atoms with Crippen LogP contribution in [0.2, 0.25) is 0 Å². The van der Waals surface area contributed by atoms with E-state index in [2.05, 4.69) is 15.9 Å². The van der Waals surface area contributed by atoms with E-state index in [1.54, 1.807) is 11.0 Å². The van der Waals surface area contributed by atoms with Crippen LogP contribution < -0.4 is 9.64 Å². The van der Waals surface area contributed by atoms with Crippen LogP contribution in [0.4, 0.5) is 5.69 Å². The molecule has 1 amide bonds. The molecule has 0 N–H and O–H groups in total. The van der Waals surface area contributed by atoms with Crippen molar-refractivity contribution in [3.05, 3.63) is 118 Å². The first kappa shape index (κ1) is 22.0. The smallest absolute Gasteiger partial charge is 0.263 e. The van der Waals surface area contributed by atoms with Crippen LogP contribution in [-0.2, 0) is 4.79 Å². The lowest BCUT2D eigenvalue weighted by Crippen LogP contribution is -2.24. The highest BCUT2D eigenvalue weighted by Crippen LogP contribution is 2.36. The maximum absolute atomic E-state index is 13.5. The Hall–Kier alpha value is -3.83. The number of carbonyl (C=O) groups excluding carboxylic acids is 1. The minimum atomic E-state index is -0.107. The van der Waals surface area contributed by atoms with Gasteiger partial charge in [0.25, 0.3) is 5.91 Å². The number of ether oxygens (including phenoxy) is 1. The Bertz CT molecular complexity index is 1370. The SMILES string of the molecule is CCOc1ccc(N2C(=O)/C(=C/c3ccc(-c4ccc(Br)cc4)o3)C=C2c2ccccc2)cc1. The molecule has 168 valence electrons. The molecule has 1 aliphatic heterocycles. The van der Waals surface area contributed by atoms with Gasteiger partial charge in [0, 0.05) is 21.3 Å². The van der Waals surface area contributed by atoms with Crippen molar-refractivity contribution in [1.29, 1.82) is 0 Å². The van der Waals surface area contributed by atoms with E-state index in [1.807, 2.05) is 104 Å². The predicted molar refractivity (Wildman–Crippen MR) is 139 cm³/mol. The average molecular weight is 512 g/mol. The normalized spacial score (nSPS) is 14.5. The molecule has 5 heteroatoms. The number of hydrogen-bond acceptors (Lipinski definition) is 3. The first-order valence-electron chi connectivity index (χ1n) is 11.0.